The minimum atomic E-state index is -0.977. The molecule has 5 aliphatic rings. The molecule has 0 amide bonds. The number of aliphatic hydroxyl groups is 3. The maximum atomic E-state index is 15.3. The highest BCUT2D eigenvalue weighted by Crippen LogP contribution is 2.59. The third-order valence-corrected chi connectivity index (χ3v) is 21.1. The molecule has 4 aliphatic heterocycles. The van der Waals surface area contributed by atoms with Crippen LogP contribution < -0.4 is 15.5 Å². The van der Waals surface area contributed by atoms with Crippen LogP contribution >= 0.6 is 43.2 Å². The first-order valence-electron chi connectivity index (χ1n) is 25.0. The molecule has 1 aliphatic carbocycles. The van der Waals surface area contributed by atoms with Gasteiger partial charge in [-0.3, -0.25) is 4.79 Å². The van der Waals surface area contributed by atoms with Crippen molar-refractivity contribution >= 4 is 64.9 Å². The average Bonchev–Trinajstić information content (AvgIpc) is 3.37. The Bertz CT molecular complexity index is 3070. The van der Waals surface area contributed by atoms with Crippen LogP contribution in [0.3, 0.4) is 0 Å². The Morgan fingerprint density at radius 1 is 0.900 bits per heavy atom. The quantitative estimate of drug-likeness (QED) is 0.0753. The molecule has 2 saturated heterocycles. The fraction of sp³-hybridized carbons (Fsp3) is 0.446. The maximum absolute atomic E-state index is 15.3. The monoisotopic (exact) mass is 1020 g/mol. The smallest absolute Gasteiger partial charge is 0.238 e. The standard InChI is InChI=1S/C56H61NO9S4/c1-4-28-20-44-49(57-25-28)31-10-5-9-29(18-31)19-35-39(26-68-69-44)36(22-32(50(35)61)17-27(2)3)54-53(64)52(63)48-43(66-54)24-41(60)47-37-21-30(11-7-15-58)33-12-6-13-34-45(33)46(37)38-23-42(65-55(47)48)40(59)14-8-16-67-70-56(34)51(38)62/h5-6,9-10,12-13,18,21-22,24,27-28,38,40,42,44,49,51,56-62,64H,4,7-8,11,14-17,19-20,23,25-26H2,1-3H3. The van der Waals surface area contributed by atoms with Gasteiger partial charge in [0, 0.05) is 58.9 Å². The van der Waals surface area contributed by atoms with Gasteiger partial charge in [0.15, 0.2) is 5.76 Å². The van der Waals surface area contributed by atoms with Gasteiger partial charge in [0.1, 0.15) is 34.3 Å². The largest absolute Gasteiger partial charge is 0.507 e. The summed E-state index contributed by atoms with van der Waals surface area (Å²) in [5.74, 6) is 0.735. The van der Waals surface area contributed by atoms with Crippen molar-refractivity contribution in [3.05, 3.63) is 115 Å². The summed E-state index contributed by atoms with van der Waals surface area (Å²) in [6.07, 6.45) is 2.76. The van der Waals surface area contributed by atoms with E-state index in [4.69, 9.17) is 9.15 Å². The van der Waals surface area contributed by atoms with Crippen LogP contribution in [0, 0.1) is 11.8 Å². The Morgan fingerprint density at radius 3 is 2.54 bits per heavy atom. The number of aromatic hydroxyl groups is 3. The number of rotatable bonds is 7. The summed E-state index contributed by atoms with van der Waals surface area (Å²) in [6, 6.07) is 20.2. The number of aryl methyl sites for hydroxylation is 1. The first-order chi connectivity index (χ1) is 33.9. The molecule has 1 aromatic heterocycles. The Morgan fingerprint density at radius 2 is 1.73 bits per heavy atom. The molecule has 70 heavy (non-hydrogen) atoms. The van der Waals surface area contributed by atoms with Crippen LogP contribution in [-0.2, 0) is 25.0 Å². The van der Waals surface area contributed by atoms with Crippen molar-refractivity contribution in [1.82, 2.24) is 5.32 Å². The number of fused-ring (bicyclic) bond motifs is 12. The van der Waals surface area contributed by atoms with Gasteiger partial charge >= 0.3 is 0 Å². The molecule has 5 bridgehead atoms. The molecular weight excluding hydrogens is 959 g/mol. The highest BCUT2D eigenvalue weighted by atomic mass is 33.1. The number of aliphatic hydroxyl groups excluding tert-OH is 3. The SMILES string of the molecule is CCC1CNC2c3cccc(c3)Cc3c(O)c(CC(C)C)cc(-c4oc5cc(O)c6c(c5c(=O)c4O)OC4CC5c7c-6cc(CCCO)c6cccc(c76)C(SSCCCC4O)C5O)c3CSSC2C1. The third-order valence-electron chi connectivity index (χ3n) is 15.5. The van der Waals surface area contributed by atoms with E-state index in [2.05, 4.69) is 62.5 Å². The normalized spacial score (nSPS) is 25.3. The van der Waals surface area contributed by atoms with Gasteiger partial charge in [0.05, 0.1) is 23.0 Å². The molecule has 8 unspecified atom stereocenters. The van der Waals surface area contributed by atoms with Crippen molar-refractivity contribution in [2.45, 2.75) is 125 Å². The zero-order valence-corrected chi connectivity index (χ0v) is 43.0. The van der Waals surface area contributed by atoms with Gasteiger partial charge in [-0.25, -0.2) is 0 Å². The van der Waals surface area contributed by atoms with Crippen LogP contribution in [0.2, 0.25) is 0 Å². The number of phenols is 2. The van der Waals surface area contributed by atoms with E-state index in [1.807, 2.05) is 29.0 Å². The predicted octanol–water partition coefficient (Wildman–Crippen LogP) is 11.6. The van der Waals surface area contributed by atoms with E-state index in [1.165, 1.54) is 11.6 Å². The van der Waals surface area contributed by atoms with E-state index in [-0.39, 0.29) is 75.0 Å². The molecule has 368 valence electrons. The molecule has 8 atom stereocenters. The molecule has 10 nitrogen and oxygen atoms in total. The molecule has 2 fully saturated rings. The molecule has 5 aromatic carbocycles. The lowest BCUT2D eigenvalue weighted by Gasteiger charge is -2.41. The topological polar surface area (TPSA) is 173 Å². The maximum Gasteiger partial charge on any atom is 0.238 e. The van der Waals surface area contributed by atoms with Crippen LogP contribution in [0.5, 0.6) is 23.0 Å². The first kappa shape index (κ1) is 48.3. The van der Waals surface area contributed by atoms with E-state index in [0.717, 1.165) is 63.7 Å². The van der Waals surface area contributed by atoms with Crippen LogP contribution in [0.4, 0.5) is 0 Å². The molecule has 14 heteroatoms. The number of piperidine rings is 1. The second-order valence-corrected chi connectivity index (χ2v) is 25.7. The lowest BCUT2D eigenvalue weighted by molar-refractivity contribution is 0.00975. The number of nitrogens with one attached hydrogen (secondary N) is 1. The van der Waals surface area contributed by atoms with Crippen molar-refractivity contribution in [3.63, 3.8) is 0 Å². The highest BCUT2D eigenvalue weighted by molar-refractivity contribution is 8.77. The number of benzene rings is 5. The van der Waals surface area contributed by atoms with Crippen molar-refractivity contribution < 1.29 is 39.8 Å². The van der Waals surface area contributed by atoms with Gasteiger partial charge in [0.25, 0.3) is 0 Å². The van der Waals surface area contributed by atoms with Crippen LogP contribution in [0.25, 0.3) is 44.2 Å². The van der Waals surface area contributed by atoms with Crippen LogP contribution in [-0.4, -0.2) is 73.1 Å². The Balaban J connectivity index is 1.14. The lowest BCUT2D eigenvalue weighted by Crippen LogP contribution is -2.40. The van der Waals surface area contributed by atoms with E-state index < -0.39 is 35.4 Å². The summed E-state index contributed by atoms with van der Waals surface area (Å²) in [5, 5.41) is 77.5. The van der Waals surface area contributed by atoms with Crippen molar-refractivity contribution in [2.75, 3.05) is 18.9 Å². The second-order valence-electron chi connectivity index (χ2n) is 20.4. The molecule has 5 heterocycles. The van der Waals surface area contributed by atoms with Crippen LogP contribution in [0.1, 0.15) is 121 Å². The second kappa shape index (κ2) is 19.8. The molecule has 6 aromatic rings. The van der Waals surface area contributed by atoms with Gasteiger partial charge in [-0.2, -0.15) is 0 Å². The van der Waals surface area contributed by atoms with Gasteiger partial charge in [0.2, 0.25) is 11.2 Å². The zero-order valence-electron chi connectivity index (χ0n) is 39.7. The summed E-state index contributed by atoms with van der Waals surface area (Å²) in [4.78, 5) is 15.3. The fourth-order valence-electron chi connectivity index (χ4n) is 12.0. The van der Waals surface area contributed by atoms with Gasteiger partial charge in [-0.15, -0.1) is 0 Å². The Hall–Kier alpha value is -3.99. The first-order valence-corrected chi connectivity index (χ1v) is 29.7. The predicted molar refractivity (Wildman–Crippen MR) is 287 cm³/mol. The number of ether oxygens (including phenoxy) is 1. The van der Waals surface area contributed by atoms with Gasteiger partial charge < -0.3 is 45.1 Å². The van der Waals surface area contributed by atoms with Crippen LogP contribution in [0.15, 0.2) is 69.9 Å². The summed E-state index contributed by atoms with van der Waals surface area (Å²) in [5.41, 5.74) is 7.73. The summed E-state index contributed by atoms with van der Waals surface area (Å²) in [7, 11) is 6.88. The summed E-state index contributed by atoms with van der Waals surface area (Å²) < 4.78 is 13.8. The van der Waals surface area contributed by atoms with Crippen molar-refractivity contribution in [1.29, 1.82) is 0 Å². The number of hydrogen-bond acceptors (Lipinski definition) is 14. The minimum absolute atomic E-state index is 0.00112. The number of hydrogen-bond donors (Lipinski definition) is 7. The summed E-state index contributed by atoms with van der Waals surface area (Å²) >= 11 is 0. The van der Waals surface area contributed by atoms with Crippen molar-refractivity contribution in [3.8, 4) is 45.4 Å². The molecular formula is C56H61NO9S4. The molecule has 7 N–H and O–H groups in total. The van der Waals surface area contributed by atoms with E-state index >= 15 is 4.79 Å². The van der Waals surface area contributed by atoms with Gasteiger partial charge in [-0.05, 0) is 131 Å². The molecule has 0 radical (unpaired) electrons. The highest BCUT2D eigenvalue weighted by Gasteiger charge is 2.45. The van der Waals surface area contributed by atoms with E-state index in [1.54, 1.807) is 32.4 Å². The summed E-state index contributed by atoms with van der Waals surface area (Å²) in [6.45, 7) is 7.36. The van der Waals surface area contributed by atoms with Crippen molar-refractivity contribution in [2.24, 2.45) is 11.8 Å². The molecule has 11 rings (SSSR count). The Kier molecular flexibility index (Phi) is 13.7. The molecule has 0 saturated carbocycles. The Labute approximate surface area is 424 Å². The van der Waals surface area contributed by atoms with Gasteiger partial charge in [-0.1, -0.05) is 113 Å². The number of phenolic OH excluding ortho intramolecular Hbond substituents is 2. The lowest BCUT2D eigenvalue weighted by atomic mass is 9.71. The third kappa shape index (κ3) is 8.49. The molecule has 0 spiro atoms. The fourth-order valence-corrected chi connectivity index (χ4v) is 17.9. The van der Waals surface area contributed by atoms with E-state index in [0.29, 0.717) is 72.4 Å². The zero-order chi connectivity index (χ0) is 48.5. The minimum Gasteiger partial charge on any atom is -0.507 e. The average molecular weight is 1020 g/mol. The van der Waals surface area contributed by atoms with E-state index in [9.17, 15) is 30.6 Å².